The van der Waals surface area contributed by atoms with Crippen molar-refractivity contribution in [3.8, 4) is 0 Å². The van der Waals surface area contributed by atoms with Gasteiger partial charge in [-0.3, -0.25) is 4.90 Å². The van der Waals surface area contributed by atoms with Crippen LogP contribution >= 0.6 is 0 Å². The van der Waals surface area contributed by atoms with Gasteiger partial charge in [0.1, 0.15) is 0 Å². The molecule has 1 aliphatic rings. The summed E-state index contributed by atoms with van der Waals surface area (Å²) in [5.74, 6) is 1.69. The normalized spacial score (nSPS) is 31.1. The maximum Gasteiger partial charge on any atom is 0.0125 e. The van der Waals surface area contributed by atoms with Crippen LogP contribution in [0.1, 0.15) is 48.5 Å². The minimum atomic E-state index is 0.342. The summed E-state index contributed by atoms with van der Waals surface area (Å²) in [5, 5.41) is 0. The zero-order valence-corrected chi connectivity index (χ0v) is 11.0. The average molecular weight is 197 g/mol. The van der Waals surface area contributed by atoms with Crippen LogP contribution in [0.3, 0.4) is 0 Å². The highest BCUT2D eigenvalue weighted by atomic mass is 15.2. The quantitative estimate of drug-likeness (QED) is 0.575. The van der Waals surface area contributed by atoms with Crippen molar-refractivity contribution in [1.82, 2.24) is 4.90 Å². The van der Waals surface area contributed by atoms with Gasteiger partial charge in [-0.2, -0.15) is 0 Å². The van der Waals surface area contributed by atoms with Gasteiger partial charge in [-0.25, -0.2) is 0 Å². The highest BCUT2D eigenvalue weighted by molar-refractivity contribution is 4.92. The van der Waals surface area contributed by atoms with E-state index in [1.54, 1.807) is 0 Å². The third-order valence-electron chi connectivity index (χ3n) is 3.67. The van der Waals surface area contributed by atoms with Gasteiger partial charge in [-0.05, 0) is 38.0 Å². The maximum atomic E-state index is 2.63. The molecular weight excluding hydrogens is 170 g/mol. The molecule has 84 valence electrons. The minimum absolute atomic E-state index is 0.342. The Morgan fingerprint density at radius 1 is 0.929 bits per heavy atom. The molecule has 2 atom stereocenters. The van der Waals surface area contributed by atoms with E-state index >= 15 is 0 Å². The number of likely N-dealkylation sites (tertiary alicyclic amines) is 1. The molecule has 1 heteroatoms. The Hall–Kier alpha value is -0.0400. The second-order valence-corrected chi connectivity index (χ2v) is 7.03. The molecule has 0 N–H and O–H groups in total. The van der Waals surface area contributed by atoms with Crippen LogP contribution in [-0.2, 0) is 0 Å². The second kappa shape index (κ2) is 3.52. The first-order valence-corrected chi connectivity index (χ1v) is 5.87. The lowest BCUT2D eigenvalue weighted by atomic mass is 9.76. The molecule has 0 aromatic heterocycles. The zero-order chi connectivity index (χ0) is 11.1. The van der Waals surface area contributed by atoms with E-state index in [2.05, 4.69) is 53.4 Å². The molecule has 1 nitrogen and oxygen atoms in total. The maximum absolute atomic E-state index is 2.63. The molecule has 0 amide bonds. The molecule has 1 fully saturated rings. The van der Waals surface area contributed by atoms with Gasteiger partial charge < -0.3 is 0 Å². The Morgan fingerprint density at radius 2 is 1.43 bits per heavy atom. The van der Waals surface area contributed by atoms with Crippen molar-refractivity contribution in [3.63, 3.8) is 0 Å². The fourth-order valence-corrected chi connectivity index (χ4v) is 2.64. The summed E-state index contributed by atoms with van der Waals surface area (Å²) in [5.41, 5.74) is 0.799. The van der Waals surface area contributed by atoms with Crippen molar-refractivity contribution in [2.24, 2.45) is 17.3 Å². The molecule has 1 heterocycles. The molecule has 1 rings (SSSR count). The monoisotopic (exact) mass is 197 g/mol. The summed E-state index contributed by atoms with van der Waals surface area (Å²) < 4.78 is 0. The van der Waals surface area contributed by atoms with E-state index in [-0.39, 0.29) is 0 Å². The molecule has 0 spiro atoms. The largest absolute Gasteiger partial charge is 0.298 e. The Bertz CT molecular complexity index is 194. The van der Waals surface area contributed by atoms with Crippen molar-refractivity contribution in [1.29, 1.82) is 0 Å². The number of hydrogen-bond acceptors (Lipinski definition) is 1. The summed E-state index contributed by atoms with van der Waals surface area (Å²) in [6, 6.07) is 0. The molecule has 1 saturated heterocycles. The summed E-state index contributed by atoms with van der Waals surface area (Å²) >= 11 is 0. The van der Waals surface area contributed by atoms with Crippen molar-refractivity contribution in [3.05, 3.63) is 0 Å². The van der Waals surface area contributed by atoms with Crippen LogP contribution in [0.25, 0.3) is 0 Å². The van der Waals surface area contributed by atoms with Gasteiger partial charge in [0, 0.05) is 18.6 Å². The first-order chi connectivity index (χ1) is 6.12. The third-order valence-corrected chi connectivity index (χ3v) is 3.67. The van der Waals surface area contributed by atoms with E-state index < -0.39 is 0 Å². The molecule has 14 heavy (non-hydrogen) atoms. The molecule has 0 saturated carbocycles. The smallest absolute Gasteiger partial charge is 0.0125 e. The Kier molecular flexibility index (Phi) is 3.02. The van der Waals surface area contributed by atoms with Crippen LogP contribution in [0.4, 0.5) is 0 Å². The molecule has 0 aromatic rings. The fourth-order valence-electron chi connectivity index (χ4n) is 2.64. The van der Waals surface area contributed by atoms with Gasteiger partial charge in [0.15, 0.2) is 0 Å². The van der Waals surface area contributed by atoms with Gasteiger partial charge in [-0.1, -0.05) is 27.7 Å². The van der Waals surface area contributed by atoms with E-state index in [1.807, 2.05) is 0 Å². The predicted octanol–water partition coefficient (Wildman–Crippen LogP) is 3.40. The molecule has 2 unspecified atom stereocenters. The van der Waals surface area contributed by atoms with Crippen molar-refractivity contribution in [2.45, 2.75) is 54.0 Å². The van der Waals surface area contributed by atoms with Gasteiger partial charge in [0.2, 0.25) is 0 Å². The SMILES string of the molecule is CC1CN(C(C)(C)C)CC1C(C)(C)C. The highest BCUT2D eigenvalue weighted by Crippen LogP contribution is 2.39. The number of hydrogen-bond donors (Lipinski definition) is 0. The van der Waals surface area contributed by atoms with Crippen LogP contribution < -0.4 is 0 Å². The molecule has 1 aliphatic heterocycles. The van der Waals surface area contributed by atoms with Gasteiger partial charge in [0.25, 0.3) is 0 Å². The fraction of sp³-hybridized carbons (Fsp3) is 1.00. The third kappa shape index (κ3) is 2.50. The molecule has 0 bridgehead atoms. The first kappa shape index (κ1) is 12.0. The van der Waals surface area contributed by atoms with Gasteiger partial charge >= 0.3 is 0 Å². The Balaban J connectivity index is 2.70. The zero-order valence-electron chi connectivity index (χ0n) is 11.0. The molecule has 0 aromatic carbocycles. The molecular formula is C13H27N. The lowest BCUT2D eigenvalue weighted by Gasteiger charge is -2.34. The van der Waals surface area contributed by atoms with E-state index in [4.69, 9.17) is 0 Å². The van der Waals surface area contributed by atoms with Crippen molar-refractivity contribution in [2.75, 3.05) is 13.1 Å². The van der Waals surface area contributed by atoms with Crippen molar-refractivity contribution >= 4 is 0 Å². The Labute approximate surface area is 89.9 Å². The van der Waals surface area contributed by atoms with E-state index in [0.717, 1.165) is 11.8 Å². The lowest BCUT2D eigenvalue weighted by molar-refractivity contribution is 0.148. The van der Waals surface area contributed by atoms with Gasteiger partial charge in [0.05, 0.1) is 0 Å². The van der Waals surface area contributed by atoms with Crippen LogP contribution in [-0.4, -0.2) is 23.5 Å². The highest BCUT2D eigenvalue weighted by Gasteiger charge is 2.40. The minimum Gasteiger partial charge on any atom is -0.298 e. The summed E-state index contributed by atoms with van der Waals surface area (Å²) in [4.78, 5) is 2.63. The molecule has 0 radical (unpaired) electrons. The number of nitrogens with zero attached hydrogens (tertiary/aromatic N) is 1. The van der Waals surface area contributed by atoms with Crippen LogP contribution in [0.5, 0.6) is 0 Å². The van der Waals surface area contributed by atoms with E-state index in [1.165, 1.54) is 13.1 Å². The van der Waals surface area contributed by atoms with E-state index in [0.29, 0.717) is 11.0 Å². The first-order valence-electron chi connectivity index (χ1n) is 5.87. The average Bonchev–Trinajstić information content (AvgIpc) is 2.27. The van der Waals surface area contributed by atoms with Crippen LogP contribution in [0.2, 0.25) is 0 Å². The second-order valence-electron chi connectivity index (χ2n) is 7.03. The summed E-state index contributed by atoms with van der Waals surface area (Å²) in [6.45, 7) is 19.0. The van der Waals surface area contributed by atoms with Crippen molar-refractivity contribution < 1.29 is 0 Å². The lowest BCUT2D eigenvalue weighted by Crippen LogP contribution is -2.40. The topological polar surface area (TPSA) is 3.24 Å². The van der Waals surface area contributed by atoms with Gasteiger partial charge in [-0.15, -0.1) is 0 Å². The van der Waals surface area contributed by atoms with Crippen LogP contribution in [0.15, 0.2) is 0 Å². The summed E-state index contributed by atoms with van der Waals surface area (Å²) in [6.07, 6.45) is 0. The van der Waals surface area contributed by atoms with E-state index in [9.17, 15) is 0 Å². The van der Waals surface area contributed by atoms with Crippen LogP contribution in [0, 0.1) is 17.3 Å². The standard InChI is InChI=1S/C13H27N/c1-10-8-14(13(5,6)7)9-11(10)12(2,3)4/h10-11H,8-9H2,1-7H3. The number of rotatable bonds is 0. The summed E-state index contributed by atoms with van der Waals surface area (Å²) in [7, 11) is 0. The Morgan fingerprint density at radius 3 is 1.64 bits per heavy atom. The predicted molar refractivity (Wildman–Crippen MR) is 63.4 cm³/mol. The molecule has 0 aliphatic carbocycles.